The van der Waals surface area contributed by atoms with Crippen molar-refractivity contribution >= 4 is 0 Å². The van der Waals surface area contributed by atoms with Crippen molar-refractivity contribution in [3.8, 4) is 0 Å². The van der Waals surface area contributed by atoms with Gasteiger partial charge in [0.15, 0.2) is 0 Å². The molecule has 0 amide bonds. The molecule has 3 unspecified atom stereocenters. The molecule has 0 aromatic rings. The summed E-state index contributed by atoms with van der Waals surface area (Å²) < 4.78 is 38.6. The van der Waals surface area contributed by atoms with E-state index in [9.17, 15) is 13.2 Å². The number of nitrogens with one attached hydrogen (secondary N) is 1. The summed E-state index contributed by atoms with van der Waals surface area (Å²) in [5, 5.41) is 3.25. The lowest BCUT2D eigenvalue weighted by Crippen LogP contribution is -2.49. The van der Waals surface area contributed by atoms with Crippen LogP contribution in [0.4, 0.5) is 13.2 Å². The minimum absolute atomic E-state index is 0.122. The van der Waals surface area contributed by atoms with Crippen molar-refractivity contribution in [2.45, 2.75) is 50.7 Å². The lowest BCUT2D eigenvalue weighted by atomic mass is 9.87. The predicted molar refractivity (Wildman–Crippen MR) is 72.5 cm³/mol. The Morgan fingerprint density at radius 2 is 1.75 bits per heavy atom. The van der Waals surface area contributed by atoms with Crippen molar-refractivity contribution in [3.63, 3.8) is 0 Å². The number of nitrogens with zero attached hydrogens (tertiary/aromatic N) is 1. The van der Waals surface area contributed by atoms with Crippen molar-refractivity contribution in [1.29, 1.82) is 0 Å². The molecule has 2 aliphatic carbocycles. The average Bonchev–Trinajstić information content (AvgIpc) is 3.00. The molecule has 0 radical (unpaired) electrons. The second-order valence-electron chi connectivity index (χ2n) is 6.96. The van der Waals surface area contributed by atoms with Gasteiger partial charge in [0.25, 0.3) is 0 Å². The Balaban J connectivity index is 1.62. The number of fused-ring (bicyclic) bond motifs is 2. The first-order chi connectivity index (χ1) is 9.51. The number of hydrogen-bond donors (Lipinski definition) is 1. The van der Waals surface area contributed by atoms with E-state index < -0.39 is 12.7 Å². The fourth-order valence-electron chi connectivity index (χ4n) is 4.65. The first-order valence-electron chi connectivity index (χ1n) is 8.03. The fraction of sp³-hybridized carbons (Fsp3) is 1.00. The van der Waals surface area contributed by atoms with Gasteiger partial charge in [0, 0.05) is 12.6 Å². The second-order valence-corrected chi connectivity index (χ2v) is 6.96. The van der Waals surface area contributed by atoms with Gasteiger partial charge in [-0.1, -0.05) is 6.42 Å². The zero-order valence-electron chi connectivity index (χ0n) is 12.0. The molecule has 0 spiro atoms. The van der Waals surface area contributed by atoms with Crippen molar-refractivity contribution in [2.24, 2.45) is 17.8 Å². The van der Waals surface area contributed by atoms with Gasteiger partial charge in [-0.05, 0) is 62.9 Å². The van der Waals surface area contributed by atoms with Crippen LogP contribution in [0.25, 0.3) is 0 Å². The molecule has 1 N–H and O–H groups in total. The summed E-state index contributed by atoms with van der Waals surface area (Å²) in [5.41, 5.74) is 0. The summed E-state index contributed by atoms with van der Waals surface area (Å²) >= 11 is 0. The van der Waals surface area contributed by atoms with E-state index in [1.54, 1.807) is 4.90 Å². The van der Waals surface area contributed by atoms with Crippen LogP contribution >= 0.6 is 0 Å². The largest absolute Gasteiger partial charge is 0.401 e. The second kappa shape index (κ2) is 5.84. The van der Waals surface area contributed by atoms with Crippen LogP contribution < -0.4 is 5.32 Å². The standard InChI is InChI=1S/C15H25F3N2/c16-15(17,18)10-20(14-3-5-19-6-4-14)9-13-8-11-1-2-12(13)7-11/h11-14,19H,1-10H2. The van der Waals surface area contributed by atoms with Gasteiger partial charge in [-0.2, -0.15) is 13.2 Å². The van der Waals surface area contributed by atoms with Crippen molar-refractivity contribution in [1.82, 2.24) is 10.2 Å². The molecular weight excluding hydrogens is 265 g/mol. The Morgan fingerprint density at radius 3 is 2.30 bits per heavy atom. The van der Waals surface area contributed by atoms with Crippen LogP contribution in [0.5, 0.6) is 0 Å². The maximum atomic E-state index is 12.9. The summed E-state index contributed by atoms with van der Waals surface area (Å²) in [4.78, 5) is 1.76. The minimum atomic E-state index is -4.07. The Morgan fingerprint density at radius 1 is 1.00 bits per heavy atom. The first kappa shape index (κ1) is 14.6. The zero-order valence-corrected chi connectivity index (χ0v) is 12.0. The molecule has 116 valence electrons. The van der Waals surface area contributed by atoms with E-state index in [1.807, 2.05) is 0 Å². The Labute approximate surface area is 119 Å². The van der Waals surface area contributed by atoms with Gasteiger partial charge in [0.1, 0.15) is 0 Å². The highest BCUT2D eigenvalue weighted by atomic mass is 19.4. The molecule has 3 rings (SSSR count). The molecular formula is C15H25F3N2. The SMILES string of the molecule is FC(F)(F)CN(CC1CC2CCC1C2)C1CCNCC1. The molecule has 0 aromatic heterocycles. The molecule has 3 fully saturated rings. The average molecular weight is 290 g/mol. The molecule has 2 nitrogen and oxygen atoms in total. The van der Waals surface area contributed by atoms with E-state index in [4.69, 9.17) is 0 Å². The molecule has 5 heteroatoms. The van der Waals surface area contributed by atoms with Crippen LogP contribution in [0, 0.1) is 17.8 Å². The van der Waals surface area contributed by atoms with Gasteiger partial charge < -0.3 is 5.32 Å². The maximum absolute atomic E-state index is 12.9. The third-order valence-corrected chi connectivity index (χ3v) is 5.56. The van der Waals surface area contributed by atoms with Crippen LogP contribution in [0.1, 0.15) is 38.5 Å². The lowest BCUT2D eigenvalue weighted by molar-refractivity contribution is -0.154. The number of rotatable bonds is 4. The lowest BCUT2D eigenvalue weighted by Gasteiger charge is -2.38. The predicted octanol–water partition coefficient (Wildman–Crippen LogP) is 3.04. The van der Waals surface area contributed by atoms with Crippen LogP contribution in [0.15, 0.2) is 0 Å². The van der Waals surface area contributed by atoms with Gasteiger partial charge in [-0.25, -0.2) is 0 Å². The van der Waals surface area contributed by atoms with Gasteiger partial charge >= 0.3 is 6.18 Å². The third kappa shape index (κ3) is 3.48. The first-order valence-corrected chi connectivity index (χ1v) is 8.03. The molecule has 1 aliphatic heterocycles. The minimum Gasteiger partial charge on any atom is -0.317 e. The summed E-state index contributed by atoms with van der Waals surface area (Å²) in [6.07, 6.45) is 2.66. The molecule has 1 saturated heterocycles. The van der Waals surface area contributed by atoms with E-state index in [-0.39, 0.29) is 6.04 Å². The molecule has 20 heavy (non-hydrogen) atoms. The third-order valence-electron chi connectivity index (χ3n) is 5.56. The summed E-state index contributed by atoms with van der Waals surface area (Å²) in [6.45, 7) is 1.67. The number of piperidine rings is 1. The quantitative estimate of drug-likeness (QED) is 0.856. The highest BCUT2D eigenvalue weighted by molar-refractivity contribution is 4.92. The van der Waals surface area contributed by atoms with Gasteiger partial charge in [0.05, 0.1) is 6.54 Å². The molecule has 3 atom stereocenters. The summed E-state index contributed by atoms with van der Waals surface area (Å²) in [5.74, 6) is 2.04. The summed E-state index contributed by atoms with van der Waals surface area (Å²) in [6, 6.07) is 0.122. The summed E-state index contributed by atoms with van der Waals surface area (Å²) in [7, 11) is 0. The molecule has 2 bridgehead atoms. The Kier molecular flexibility index (Phi) is 4.27. The van der Waals surface area contributed by atoms with Crippen LogP contribution in [-0.2, 0) is 0 Å². The molecule has 3 aliphatic rings. The number of halogens is 3. The van der Waals surface area contributed by atoms with Crippen LogP contribution in [-0.4, -0.2) is 43.3 Å². The molecule has 2 saturated carbocycles. The fourth-order valence-corrected chi connectivity index (χ4v) is 4.65. The Bertz CT molecular complexity index is 326. The van der Waals surface area contributed by atoms with E-state index >= 15 is 0 Å². The van der Waals surface area contributed by atoms with Gasteiger partial charge in [-0.3, -0.25) is 4.90 Å². The van der Waals surface area contributed by atoms with E-state index in [0.29, 0.717) is 18.4 Å². The van der Waals surface area contributed by atoms with Crippen molar-refractivity contribution in [2.75, 3.05) is 26.2 Å². The van der Waals surface area contributed by atoms with E-state index in [1.165, 1.54) is 25.7 Å². The zero-order chi connectivity index (χ0) is 14.2. The van der Waals surface area contributed by atoms with Crippen molar-refractivity contribution in [3.05, 3.63) is 0 Å². The normalized spacial score (nSPS) is 35.1. The van der Waals surface area contributed by atoms with E-state index in [2.05, 4.69) is 5.32 Å². The Hall–Kier alpha value is -0.290. The van der Waals surface area contributed by atoms with E-state index in [0.717, 1.165) is 31.8 Å². The number of alkyl halides is 3. The van der Waals surface area contributed by atoms with Crippen molar-refractivity contribution < 1.29 is 13.2 Å². The van der Waals surface area contributed by atoms with Gasteiger partial charge in [-0.15, -0.1) is 0 Å². The topological polar surface area (TPSA) is 15.3 Å². The highest BCUT2D eigenvalue weighted by Gasteiger charge is 2.42. The van der Waals surface area contributed by atoms with Crippen LogP contribution in [0.3, 0.4) is 0 Å². The molecule has 1 heterocycles. The molecule has 0 aromatic carbocycles. The highest BCUT2D eigenvalue weighted by Crippen LogP contribution is 2.48. The number of hydrogen-bond acceptors (Lipinski definition) is 2. The smallest absolute Gasteiger partial charge is 0.317 e. The monoisotopic (exact) mass is 290 g/mol. The van der Waals surface area contributed by atoms with Crippen LogP contribution in [0.2, 0.25) is 0 Å². The van der Waals surface area contributed by atoms with Gasteiger partial charge in [0.2, 0.25) is 0 Å². The maximum Gasteiger partial charge on any atom is 0.401 e.